The highest BCUT2D eigenvalue weighted by Crippen LogP contribution is 2.20. The van der Waals surface area contributed by atoms with Crippen molar-refractivity contribution in [2.75, 3.05) is 41.1 Å². The number of methoxy groups -OCH3 is 1. The third-order valence-corrected chi connectivity index (χ3v) is 3.90. The molecule has 0 radical (unpaired) electrons. The molecular formula is C18H26ClN5O4. The molecule has 154 valence electrons. The van der Waals surface area contributed by atoms with Gasteiger partial charge >= 0.3 is 0 Å². The minimum Gasteiger partial charge on any atom is -0.396 e. The predicted molar refractivity (Wildman–Crippen MR) is 106 cm³/mol. The van der Waals surface area contributed by atoms with Crippen LogP contribution in [-0.4, -0.2) is 84.9 Å². The molecule has 0 aliphatic rings. The minimum atomic E-state index is -0.578. The molecule has 10 heteroatoms. The van der Waals surface area contributed by atoms with Gasteiger partial charge in [0, 0.05) is 40.6 Å². The first-order valence-electron chi connectivity index (χ1n) is 8.49. The number of aromatic nitrogens is 1. The lowest BCUT2D eigenvalue weighted by Gasteiger charge is -2.30. The van der Waals surface area contributed by atoms with E-state index in [2.05, 4.69) is 16.7 Å². The van der Waals surface area contributed by atoms with Crippen LogP contribution in [-0.2, 0) is 20.9 Å². The van der Waals surface area contributed by atoms with E-state index in [0.29, 0.717) is 17.1 Å². The lowest BCUT2D eigenvalue weighted by molar-refractivity contribution is -0.137. The predicted octanol–water partition coefficient (Wildman–Crippen LogP) is 0.940. The Bertz CT molecular complexity index is 694. The lowest BCUT2D eigenvalue weighted by Crippen LogP contribution is -2.41. The van der Waals surface area contributed by atoms with Gasteiger partial charge in [-0.15, -0.1) is 0 Å². The average molecular weight is 412 g/mol. The summed E-state index contributed by atoms with van der Waals surface area (Å²) in [5.41, 5.74) is 0.769. The van der Waals surface area contributed by atoms with E-state index in [1.165, 1.54) is 13.3 Å². The molecule has 2 amide bonds. The molecule has 1 heterocycles. The van der Waals surface area contributed by atoms with E-state index in [4.69, 9.17) is 21.4 Å². The standard InChI is InChI=1S/C18H26ClN5O4/c1-20-17(22(2)3)16(18(27)23(12-26)8-5-9-25)24(13-28-4)11-15-7-6-14(19)10-21-15/h6-7,10,12,25H,1,5,8-9,11,13H2,2-4H3/b17-16+. The number of imide groups is 1. The van der Waals surface area contributed by atoms with Crippen molar-refractivity contribution in [3.8, 4) is 0 Å². The molecule has 0 atom stereocenters. The summed E-state index contributed by atoms with van der Waals surface area (Å²) in [5, 5.41) is 9.53. The number of aliphatic hydroxyl groups is 1. The molecule has 1 aromatic rings. The summed E-state index contributed by atoms with van der Waals surface area (Å²) in [5.74, 6) is -0.308. The van der Waals surface area contributed by atoms with Crippen LogP contribution in [0.15, 0.2) is 34.8 Å². The van der Waals surface area contributed by atoms with Crippen molar-refractivity contribution in [2.45, 2.75) is 13.0 Å². The number of ether oxygens (including phenoxy) is 1. The fourth-order valence-electron chi connectivity index (χ4n) is 2.42. The number of carbonyl (C=O) groups excluding carboxylic acids is 2. The number of hydrogen-bond donors (Lipinski definition) is 1. The summed E-state index contributed by atoms with van der Waals surface area (Å²) in [4.78, 5) is 37.1. The Balaban J connectivity index is 3.39. The molecule has 1 N–H and O–H groups in total. The van der Waals surface area contributed by atoms with Crippen LogP contribution < -0.4 is 0 Å². The Kier molecular flexibility index (Phi) is 10.1. The van der Waals surface area contributed by atoms with E-state index in [0.717, 1.165) is 4.90 Å². The van der Waals surface area contributed by atoms with Crippen LogP contribution >= 0.6 is 11.6 Å². The van der Waals surface area contributed by atoms with Crippen LogP contribution in [0.3, 0.4) is 0 Å². The molecule has 0 unspecified atom stereocenters. The third kappa shape index (κ3) is 6.59. The highest BCUT2D eigenvalue weighted by atomic mass is 35.5. The molecule has 0 saturated heterocycles. The van der Waals surface area contributed by atoms with E-state index in [-0.39, 0.29) is 44.4 Å². The first-order chi connectivity index (χ1) is 13.4. The quantitative estimate of drug-likeness (QED) is 0.236. The van der Waals surface area contributed by atoms with Crippen molar-refractivity contribution in [3.05, 3.63) is 40.6 Å². The zero-order chi connectivity index (χ0) is 21.1. The van der Waals surface area contributed by atoms with Gasteiger partial charge in [0.1, 0.15) is 12.4 Å². The molecule has 0 saturated carbocycles. The minimum absolute atomic E-state index is 0.0466. The number of halogens is 1. The van der Waals surface area contributed by atoms with Crippen LogP contribution in [0.4, 0.5) is 0 Å². The van der Waals surface area contributed by atoms with Crippen LogP contribution in [0.5, 0.6) is 0 Å². The fourth-order valence-corrected chi connectivity index (χ4v) is 2.53. The topological polar surface area (TPSA) is 98.6 Å². The van der Waals surface area contributed by atoms with Crippen LogP contribution in [0.25, 0.3) is 0 Å². The smallest absolute Gasteiger partial charge is 0.280 e. The van der Waals surface area contributed by atoms with Crippen molar-refractivity contribution in [1.82, 2.24) is 19.7 Å². The second-order valence-electron chi connectivity index (χ2n) is 5.99. The van der Waals surface area contributed by atoms with Crippen molar-refractivity contribution >= 4 is 30.6 Å². The normalized spacial score (nSPS) is 11.5. The van der Waals surface area contributed by atoms with Gasteiger partial charge < -0.3 is 19.6 Å². The zero-order valence-corrected chi connectivity index (χ0v) is 17.1. The van der Waals surface area contributed by atoms with Gasteiger partial charge in [-0.1, -0.05) is 11.6 Å². The molecule has 0 aliphatic carbocycles. The van der Waals surface area contributed by atoms with Crippen molar-refractivity contribution in [2.24, 2.45) is 4.99 Å². The first kappa shape index (κ1) is 23.5. The molecule has 0 bridgehead atoms. The molecule has 0 spiro atoms. The maximum absolute atomic E-state index is 13.1. The summed E-state index contributed by atoms with van der Waals surface area (Å²) in [7, 11) is 4.91. The van der Waals surface area contributed by atoms with Crippen molar-refractivity contribution in [1.29, 1.82) is 0 Å². The van der Waals surface area contributed by atoms with Crippen molar-refractivity contribution in [3.63, 3.8) is 0 Å². The number of aliphatic hydroxyl groups excluding tert-OH is 1. The summed E-state index contributed by atoms with van der Waals surface area (Å²) in [6.45, 7) is 3.73. The van der Waals surface area contributed by atoms with Gasteiger partial charge in [0.2, 0.25) is 6.41 Å². The van der Waals surface area contributed by atoms with Crippen molar-refractivity contribution < 1.29 is 19.4 Å². The first-order valence-corrected chi connectivity index (χ1v) is 8.87. The number of nitrogens with zero attached hydrogens (tertiary/aromatic N) is 5. The van der Waals surface area contributed by atoms with Crippen LogP contribution in [0.1, 0.15) is 12.1 Å². The molecular weight excluding hydrogens is 386 g/mol. The fraction of sp³-hybridized carbons (Fsp3) is 0.444. The van der Waals surface area contributed by atoms with Gasteiger partial charge in [-0.3, -0.25) is 19.5 Å². The second kappa shape index (κ2) is 12.1. The number of amides is 2. The molecule has 1 rings (SSSR count). The summed E-state index contributed by atoms with van der Waals surface area (Å²) in [6, 6.07) is 3.42. The number of carbonyl (C=O) groups is 2. The summed E-state index contributed by atoms with van der Waals surface area (Å²) >= 11 is 5.89. The van der Waals surface area contributed by atoms with Gasteiger partial charge in [-0.2, -0.15) is 0 Å². The Morgan fingerprint density at radius 1 is 1.43 bits per heavy atom. The number of rotatable bonds is 12. The summed E-state index contributed by atoms with van der Waals surface area (Å²) < 4.78 is 5.26. The lowest BCUT2D eigenvalue weighted by atomic mass is 10.2. The van der Waals surface area contributed by atoms with Gasteiger partial charge in [0.15, 0.2) is 5.82 Å². The molecule has 0 fully saturated rings. The monoisotopic (exact) mass is 411 g/mol. The van der Waals surface area contributed by atoms with Gasteiger partial charge in [-0.05, 0) is 25.3 Å². The molecule has 0 aromatic carbocycles. The molecule has 1 aromatic heterocycles. The van der Waals surface area contributed by atoms with Gasteiger partial charge in [0.05, 0.1) is 17.3 Å². The third-order valence-electron chi connectivity index (χ3n) is 3.68. The maximum atomic E-state index is 13.1. The van der Waals surface area contributed by atoms with E-state index in [1.807, 2.05) is 0 Å². The highest BCUT2D eigenvalue weighted by molar-refractivity contribution is 6.30. The maximum Gasteiger partial charge on any atom is 0.280 e. The van der Waals surface area contributed by atoms with E-state index < -0.39 is 5.91 Å². The van der Waals surface area contributed by atoms with E-state index in [9.17, 15) is 9.59 Å². The number of hydrogen-bond acceptors (Lipinski definition) is 8. The Morgan fingerprint density at radius 2 is 2.14 bits per heavy atom. The Morgan fingerprint density at radius 3 is 2.61 bits per heavy atom. The van der Waals surface area contributed by atoms with Crippen LogP contribution in [0.2, 0.25) is 5.02 Å². The number of pyridine rings is 1. The highest BCUT2D eigenvalue weighted by Gasteiger charge is 2.28. The zero-order valence-electron chi connectivity index (χ0n) is 16.3. The SMILES string of the molecule is C=N/C(=C(/C(=O)N(C=O)CCCO)N(COC)Cc1ccc(Cl)cn1)N(C)C. The van der Waals surface area contributed by atoms with Gasteiger partial charge in [0.25, 0.3) is 5.91 Å². The van der Waals surface area contributed by atoms with Gasteiger partial charge in [-0.25, -0.2) is 4.99 Å². The molecule has 28 heavy (non-hydrogen) atoms. The van der Waals surface area contributed by atoms with Crippen LogP contribution in [0, 0.1) is 0 Å². The molecule has 0 aliphatic heterocycles. The van der Waals surface area contributed by atoms with E-state index in [1.54, 1.807) is 36.0 Å². The average Bonchev–Trinajstić information content (AvgIpc) is 2.67. The Labute approximate surface area is 169 Å². The summed E-state index contributed by atoms with van der Waals surface area (Å²) in [6.07, 6.45) is 2.20. The molecule has 9 nitrogen and oxygen atoms in total. The Hall–Kier alpha value is -2.49. The second-order valence-corrected chi connectivity index (χ2v) is 6.43. The number of aliphatic imine (C=N–C) groups is 1. The largest absolute Gasteiger partial charge is 0.396 e. The van der Waals surface area contributed by atoms with E-state index >= 15 is 0 Å².